The molecule has 0 aliphatic heterocycles. The molecule has 4 heteroatoms. The van der Waals surface area contributed by atoms with E-state index in [1.165, 1.54) is 0 Å². The van der Waals surface area contributed by atoms with Gasteiger partial charge >= 0.3 is 0 Å². The summed E-state index contributed by atoms with van der Waals surface area (Å²) in [7, 11) is 1.62. The van der Waals surface area contributed by atoms with E-state index < -0.39 is 5.41 Å². The number of anilines is 1. The van der Waals surface area contributed by atoms with E-state index in [0.29, 0.717) is 11.6 Å². The maximum absolute atomic E-state index is 8.96. The maximum Gasteiger partial charge on any atom is 0.144 e. The predicted molar refractivity (Wildman–Crippen MR) is 70.6 cm³/mol. The van der Waals surface area contributed by atoms with Gasteiger partial charge < -0.3 is 10.1 Å². The zero-order valence-corrected chi connectivity index (χ0v) is 11.4. The first-order chi connectivity index (χ1) is 7.89. The van der Waals surface area contributed by atoms with E-state index in [0.717, 1.165) is 17.0 Å². The lowest BCUT2D eigenvalue weighted by Crippen LogP contribution is -2.21. The monoisotopic (exact) mass is 252 g/mol. The lowest BCUT2D eigenvalue weighted by atomic mass is 9.96. The van der Waals surface area contributed by atoms with Crippen molar-refractivity contribution in [3.63, 3.8) is 0 Å². The number of ether oxygens (including phenoxy) is 1. The number of methoxy groups -OCH3 is 1. The molecule has 0 aromatic heterocycles. The molecular formula is C13H17ClN2O. The molecule has 0 fully saturated rings. The molecule has 17 heavy (non-hydrogen) atoms. The standard InChI is InChI=1S/C13H17ClN2O/c1-9-5-10(14)6-11(12(9)17-4)16-8-13(2,3)7-15/h5-6,16H,8H2,1-4H3. The molecule has 0 heterocycles. The number of aryl methyl sites for hydroxylation is 1. The van der Waals surface area contributed by atoms with Gasteiger partial charge in [-0.1, -0.05) is 11.6 Å². The molecule has 1 aromatic carbocycles. The van der Waals surface area contributed by atoms with Crippen LogP contribution < -0.4 is 10.1 Å². The van der Waals surface area contributed by atoms with Gasteiger partial charge in [-0.15, -0.1) is 0 Å². The van der Waals surface area contributed by atoms with Gasteiger partial charge in [0.2, 0.25) is 0 Å². The van der Waals surface area contributed by atoms with Crippen molar-refractivity contribution in [2.75, 3.05) is 19.0 Å². The highest BCUT2D eigenvalue weighted by atomic mass is 35.5. The zero-order valence-electron chi connectivity index (χ0n) is 10.6. The van der Waals surface area contributed by atoms with E-state index in [1.54, 1.807) is 13.2 Å². The van der Waals surface area contributed by atoms with Crippen LogP contribution in [0.15, 0.2) is 12.1 Å². The Morgan fingerprint density at radius 3 is 2.65 bits per heavy atom. The van der Waals surface area contributed by atoms with E-state index in [2.05, 4.69) is 11.4 Å². The molecule has 0 saturated carbocycles. The molecule has 0 aliphatic rings. The van der Waals surface area contributed by atoms with Crippen LogP contribution in [0.3, 0.4) is 0 Å². The Bertz CT molecular complexity index is 449. The van der Waals surface area contributed by atoms with Crippen LogP contribution in [-0.4, -0.2) is 13.7 Å². The van der Waals surface area contributed by atoms with Crippen molar-refractivity contribution in [2.24, 2.45) is 5.41 Å². The first-order valence-corrected chi connectivity index (χ1v) is 5.76. The van der Waals surface area contributed by atoms with E-state index >= 15 is 0 Å². The molecule has 0 saturated heterocycles. The summed E-state index contributed by atoms with van der Waals surface area (Å²) in [5.74, 6) is 0.767. The number of nitriles is 1. The molecule has 92 valence electrons. The third kappa shape index (κ3) is 3.54. The number of nitrogens with zero attached hydrogens (tertiary/aromatic N) is 1. The fourth-order valence-corrected chi connectivity index (χ4v) is 1.76. The Balaban J connectivity index is 2.95. The Morgan fingerprint density at radius 1 is 1.47 bits per heavy atom. The highest BCUT2D eigenvalue weighted by Crippen LogP contribution is 2.32. The van der Waals surface area contributed by atoms with Gasteiger partial charge in [-0.25, -0.2) is 0 Å². The summed E-state index contributed by atoms with van der Waals surface area (Å²) < 4.78 is 5.33. The van der Waals surface area contributed by atoms with Crippen LogP contribution in [0.4, 0.5) is 5.69 Å². The van der Waals surface area contributed by atoms with Crippen molar-refractivity contribution < 1.29 is 4.74 Å². The summed E-state index contributed by atoms with van der Waals surface area (Å²) in [6.07, 6.45) is 0. The van der Waals surface area contributed by atoms with Gasteiger partial charge in [0.25, 0.3) is 0 Å². The minimum Gasteiger partial charge on any atom is -0.494 e. The predicted octanol–water partition coefficient (Wildman–Crippen LogP) is 3.62. The molecule has 0 aliphatic carbocycles. The van der Waals surface area contributed by atoms with Gasteiger partial charge in [0.15, 0.2) is 0 Å². The second kappa shape index (κ2) is 5.29. The number of halogens is 1. The summed E-state index contributed by atoms with van der Waals surface area (Å²) in [5, 5.41) is 12.8. The van der Waals surface area contributed by atoms with Gasteiger partial charge in [-0.05, 0) is 38.5 Å². The van der Waals surface area contributed by atoms with Crippen molar-refractivity contribution in [2.45, 2.75) is 20.8 Å². The average molecular weight is 253 g/mol. The van der Waals surface area contributed by atoms with E-state index in [4.69, 9.17) is 21.6 Å². The summed E-state index contributed by atoms with van der Waals surface area (Å²) in [4.78, 5) is 0. The number of benzene rings is 1. The van der Waals surface area contributed by atoms with Crippen LogP contribution in [0.25, 0.3) is 0 Å². The average Bonchev–Trinajstić information content (AvgIpc) is 2.26. The van der Waals surface area contributed by atoms with E-state index in [-0.39, 0.29) is 0 Å². The number of hydrogen-bond donors (Lipinski definition) is 1. The van der Waals surface area contributed by atoms with Crippen LogP contribution in [0.1, 0.15) is 19.4 Å². The van der Waals surface area contributed by atoms with Crippen molar-refractivity contribution in [1.82, 2.24) is 0 Å². The summed E-state index contributed by atoms with van der Waals surface area (Å²) in [6.45, 7) is 6.23. The molecular weight excluding hydrogens is 236 g/mol. The Hall–Kier alpha value is -1.40. The molecule has 1 aromatic rings. The third-order valence-electron chi connectivity index (χ3n) is 2.47. The summed E-state index contributed by atoms with van der Waals surface area (Å²) in [5.41, 5.74) is 1.36. The molecule has 0 atom stereocenters. The largest absolute Gasteiger partial charge is 0.494 e. The second-order valence-corrected chi connectivity index (χ2v) is 5.09. The molecule has 0 amide bonds. The fourth-order valence-electron chi connectivity index (χ4n) is 1.49. The molecule has 0 unspecified atom stereocenters. The number of nitrogens with one attached hydrogen (secondary N) is 1. The van der Waals surface area contributed by atoms with E-state index in [9.17, 15) is 0 Å². The smallest absolute Gasteiger partial charge is 0.144 e. The van der Waals surface area contributed by atoms with Crippen LogP contribution >= 0.6 is 11.6 Å². The first-order valence-electron chi connectivity index (χ1n) is 5.39. The number of hydrogen-bond acceptors (Lipinski definition) is 3. The highest BCUT2D eigenvalue weighted by Gasteiger charge is 2.17. The van der Waals surface area contributed by atoms with E-state index in [1.807, 2.05) is 26.8 Å². The Labute approximate surface area is 107 Å². The van der Waals surface area contributed by atoms with Gasteiger partial charge in [0.05, 0.1) is 24.3 Å². The summed E-state index contributed by atoms with van der Waals surface area (Å²) >= 11 is 6.00. The topological polar surface area (TPSA) is 45.0 Å². The first kappa shape index (κ1) is 13.7. The maximum atomic E-state index is 8.96. The highest BCUT2D eigenvalue weighted by molar-refractivity contribution is 6.31. The van der Waals surface area contributed by atoms with Crippen LogP contribution in [0.5, 0.6) is 5.75 Å². The zero-order chi connectivity index (χ0) is 13.1. The second-order valence-electron chi connectivity index (χ2n) is 4.65. The molecule has 0 spiro atoms. The van der Waals surface area contributed by atoms with Crippen molar-refractivity contribution in [3.05, 3.63) is 22.7 Å². The fraction of sp³-hybridized carbons (Fsp3) is 0.462. The SMILES string of the molecule is COc1c(C)cc(Cl)cc1NCC(C)(C)C#N. The molecule has 1 N–H and O–H groups in total. The van der Waals surface area contributed by atoms with Crippen molar-refractivity contribution >= 4 is 17.3 Å². The molecule has 3 nitrogen and oxygen atoms in total. The van der Waals surface area contributed by atoms with Crippen LogP contribution in [-0.2, 0) is 0 Å². The third-order valence-corrected chi connectivity index (χ3v) is 2.69. The molecule has 1 rings (SSSR count). The van der Waals surface area contributed by atoms with Gasteiger partial charge in [0.1, 0.15) is 5.75 Å². The Kier molecular flexibility index (Phi) is 4.25. The quantitative estimate of drug-likeness (QED) is 0.890. The normalized spacial score (nSPS) is 10.8. The lowest BCUT2D eigenvalue weighted by Gasteiger charge is -2.19. The van der Waals surface area contributed by atoms with Crippen LogP contribution in [0.2, 0.25) is 5.02 Å². The molecule has 0 radical (unpaired) electrons. The van der Waals surface area contributed by atoms with Crippen LogP contribution in [0, 0.1) is 23.7 Å². The van der Waals surface area contributed by atoms with Crippen molar-refractivity contribution in [3.8, 4) is 11.8 Å². The minimum absolute atomic E-state index is 0.429. The molecule has 0 bridgehead atoms. The number of rotatable bonds is 4. The van der Waals surface area contributed by atoms with Gasteiger partial charge in [0, 0.05) is 11.6 Å². The summed E-state index contributed by atoms with van der Waals surface area (Å²) in [6, 6.07) is 5.90. The minimum atomic E-state index is -0.429. The lowest BCUT2D eigenvalue weighted by molar-refractivity contribution is 0.412. The Morgan fingerprint density at radius 2 is 2.12 bits per heavy atom. The van der Waals surface area contributed by atoms with Gasteiger partial charge in [-0.2, -0.15) is 5.26 Å². The van der Waals surface area contributed by atoms with Crippen molar-refractivity contribution in [1.29, 1.82) is 5.26 Å². The van der Waals surface area contributed by atoms with Gasteiger partial charge in [-0.3, -0.25) is 0 Å².